The van der Waals surface area contributed by atoms with E-state index < -0.39 is 0 Å². The van der Waals surface area contributed by atoms with Crippen LogP contribution in [0, 0.1) is 0 Å². The van der Waals surface area contributed by atoms with Crippen LogP contribution in [0.15, 0.2) is 41.5 Å². The summed E-state index contributed by atoms with van der Waals surface area (Å²) in [6.07, 6.45) is 7.12. The molecule has 0 aliphatic carbocycles. The van der Waals surface area contributed by atoms with Crippen molar-refractivity contribution in [2.45, 2.75) is 44.2 Å². The quantitative estimate of drug-likeness (QED) is 0.657. The number of anilines is 1. The van der Waals surface area contributed by atoms with Gasteiger partial charge >= 0.3 is 0 Å². The van der Waals surface area contributed by atoms with Crippen LogP contribution in [-0.2, 0) is 11.2 Å². The summed E-state index contributed by atoms with van der Waals surface area (Å²) in [5.41, 5.74) is 0.640. The maximum Gasteiger partial charge on any atom is 0.272 e. The number of likely N-dealkylation sites (tertiary alicyclic amines) is 1. The van der Waals surface area contributed by atoms with Crippen LogP contribution in [0.5, 0.6) is 0 Å². The van der Waals surface area contributed by atoms with Crippen LogP contribution in [0.1, 0.15) is 31.4 Å². The third-order valence-corrected chi connectivity index (χ3v) is 6.45. The Kier molecular flexibility index (Phi) is 5.31. The van der Waals surface area contributed by atoms with Crippen LogP contribution in [0.4, 0.5) is 5.95 Å². The standard InChI is InChI=1S/C22H23ClN6O2/c23-14-10-24-22(25-11-14)29-15-8-9-16(29)13-28(12-15)20(30)7-3-6-19-17-4-1-2-5-18(17)21(31)27-26-19/h1-2,4-5,10-11,15-16H,3,6-9,12-13H2,(H,27,31). The van der Waals surface area contributed by atoms with Gasteiger partial charge in [0, 0.05) is 37.0 Å². The van der Waals surface area contributed by atoms with Crippen molar-refractivity contribution in [1.82, 2.24) is 25.1 Å². The van der Waals surface area contributed by atoms with Crippen LogP contribution in [0.25, 0.3) is 10.8 Å². The van der Waals surface area contributed by atoms with E-state index in [2.05, 4.69) is 25.1 Å². The minimum Gasteiger partial charge on any atom is -0.339 e. The number of fused-ring (bicyclic) bond motifs is 3. The number of benzene rings is 1. The summed E-state index contributed by atoms with van der Waals surface area (Å²) in [5, 5.41) is 8.78. The highest BCUT2D eigenvalue weighted by molar-refractivity contribution is 6.30. The molecule has 1 aromatic carbocycles. The lowest BCUT2D eigenvalue weighted by atomic mass is 10.1. The van der Waals surface area contributed by atoms with Crippen LogP contribution < -0.4 is 10.5 Å². The lowest BCUT2D eigenvalue weighted by molar-refractivity contribution is -0.132. The first-order valence-electron chi connectivity index (χ1n) is 10.6. The minimum atomic E-state index is -0.187. The van der Waals surface area contributed by atoms with Crippen LogP contribution >= 0.6 is 11.6 Å². The molecule has 2 aromatic heterocycles. The first-order valence-corrected chi connectivity index (χ1v) is 11.0. The van der Waals surface area contributed by atoms with E-state index in [1.807, 2.05) is 23.1 Å². The van der Waals surface area contributed by atoms with Crippen molar-refractivity contribution in [2.24, 2.45) is 0 Å². The van der Waals surface area contributed by atoms with E-state index in [9.17, 15) is 9.59 Å². The number of carbonyl (C=O) groups is 1. The molecule has 0 saturated carbocycles. The molecule has 9 heteroatoms. The Morgan fingerprint density at radius 3 is 2.48 bits per heavy atom. The average Bonchev–Trinajstić information content (AvgIpc) is 3.05. The fourth-order valence-electron chi connectivity index (χ4n) is 4.80. The lowest BCUT2D eigenvalue weighted by Gasteiger charge is -2.41. The summed E-state index contributed by atoms with van der Waals surface area (Å²) in [4.78, 5) is 37.8. The number of amides is 1. The number of nitrogens with one attached hydrogen (secondary N) is 1. The van der Waals surface area contributed by atoms with E-state index in [4.69, 9.17) is 11.6 Å². The molecule has 1 amide bonds. The first-order chi connectivity index (χ1) is 15.1. The Morgan fingerprint density at radius 1 is 1.10 bits per heavy atom. The van der Waals surface area contributed by atoms with E-state index in [-0.39, 0.29) is 23.6 Å². The van der Waals surface area contributed by atoms with Gasteiger partial charge in [-0.2, -0.15) is 5.10 Å². The molecule has 160 valence electrons. The highest BCUT2D eigenvalue weighted by Crippen LogP contribution is 2.33. The second-order valence-corrected chi connectivity index (χ2v) is 8.63. The summed E-state index contributed by atoms with van der Waals surface area (Å²) in [6, 6.07) is 7.93. The number of H-pyrrole nitrogens is 1. The summed E-state index contributed by atoms with van der Waals surface area (Å²) in [6.45, 7) is 1.39. The van der Waals surface area contributed by atoms with Crippen LogP contribution in [0.3, 0.4) is 0 Å². The van der Waals surface area contributed by atoms with Crippen LogP contribution in [0.2, 0.25) is 5.02 Å². The molecule has 8 nitrogen and oxygen atoms in total. The summed E-state index contributed by atoms with van der Waals surface area (Å²) >= 11 is 5.92. The maximum absolute atomic E-state index is 12.9. The van der Waals surface area contributed by atoms with Gasteiger partial charge in [-0.1, -0.05) is 29.8 Å². The zero-order valence-corrected chi connectivity index (χ0v) is 17.8. The van der Waals surface area contributed by atoms with Crippen molar-refractivity contribution >= 4 is 34.2 Å². The summed E-state index contributed by atoms with van der Waals surface area (Å²) in [5.74, 6) is 0.863. The number of halogens is 1. The van der Waals surface area contributed by atoms with Gasteiger partial charge in [0.15, 0.2) is 0 Å². The predicted octanol–water partition coefficient (Wildman–Crippen LogP) is 2.57. The molecule has 0 radical (unpaired) electrons. The van der Waals surface area contributed by atoms with Gasteiger partial charge in [0.1, 0.15) is 0 Å². The number of hydrogen-bond acceptors (Lipinski definition) is 6. The fourth-order valence-corrected chi connectivity index (χ4v) is 4.90. The van der Waals surface area contributed by atoms with Gasteiger partial charge in [-0.05, 0) is 31.7 Å². The second kappa shape index (κ2) is 8.26. The third-order valence-electron chi connectivity index (χ3n) is 6.25. The van der Waals surface area contributed by atoms with Gasteiger partial charge in [-0.25, -0.2) is 15.1 Å². The monoisotopic (exact) mass is 438 g/mol. The Bertz CT molecular complexity index is 1150. The molecule has 4 heterocycles. The number of aromatic nitrogens is 4. The van der Waals surface area contributed by atoms with Crippen molar-refractivity contribution in [2.75, 3.05) is 18.0 Å². The zero-order chi connectivity index (χ0) is 21.4. The molecule has 1 N–H and O–H groups in total. The molecule has 0 spiro atoms. The van der Waals surface area contributed by atoms with E-state index in [0.29, 0.717) is 48.7 Å². The van der Waals surface area contributed by atoms with E-state index >= 15 is 0 Å². The molecular formula is C22H23ClN6O2. The maximum atomic E-state index is 12.9. The molecule has 2 aliphatic heterocycles. The molecular weight excluding hydrogens is 416 g/mol. The van der Waals surface area contributed by atoms with Gasteiger partial charge in [-0.15, -0.1) is 0 Å². The number of piperazine rings is 1. The number of aryl methyl sites for hydroxylation is 1. The summed E-state index contributed by atoms with van der Waals surface area (Å²) < 4.78 is 0. The van der Waals surface area contributed by atoms with Crippen molar-refractivity contribution in [3.63, 3.8) is 0 Å². The normalized spacial score (nSPS) is 20.4. The first kappa shape index (κ1) is 19.9. The van der Waals surface area contributed by atoms with E-state index in [1.54, 1.807) is 18.5 Å². The van der Waals surface area contributed by atoms with Gasteiger partial charge < -0.3 is 9.80 Å². The number of hydrogen-bond donors (Lipinski definition) is 1. The molecule has 2 bridgehead atoms. The molecule has 31 heavy (non-hydrogen) atoms. The Balaban J connectivity index is 1.21. The van der Waals surface area contributed by atoms with Gasteiger partial charge in [-0.3, -0.25) is 9.59 Å². The molecule has 5 rings (SSSR count). The van der Waals surface area contributed by atoms with Crippen molar-refractivity contribution in [1.29, 1.82) is 0 Å². The van der Waals surface area contributed by atoms with Crippen molar-refractivity contribution in [3.8, 4) is 0 Å². The lowest BCUT2D eigenvalue weighted by Crippen LogP contribution is -2.56. The number of nitrogens with zero attached hydrogens (tertiary/aromatic N) is 5. The Hall–Kier alpha value is -3.00. The van der Waals surface area contributed by atoms with E-state index in [0.717, 1.165) is 23.9 Å². The second-order valence-electron chi connectivity index (χ2n) is 8.19. The Labute approximate surface area is 184 Å². The average molecular weight is 439 g/mol. The molecule has 2 aliphatic rings. The molecule has 2 fully saturated rings. The number of rotatable bonds is 5. The third kappa shape index (κ3) is 3.87. The highest BCUT2D eigenvalue weighted by atomic mass is 35.5. The number of carbonyl (C=O) groups excluding carboxylic acids is 1. The highest BCUT2D eigenvalue weighted by Gasteiger charge is 2.42. The fraction of sp³-hybridized carbons (Fsp3) is 0.409. The molecule has 2 saturated heterocycles. The van der Waals surface area contributed by atoms with E-state index in [1.165, 1.54) is 0 Å². The summed E-state index contributed by atoms with van der Waals surface area (Å²) in [7, 11) is 0. The minimum absolute atomic E-state index is 0.169. The predicted molar refractivity (Wildman–Crippen MR) is 118 cm³/mol. The van der Waals surface area contributed by atoms with Gasteiger partial charge in [0.05, 0.1) is 28.5 Å². The smallest absolute Gasteiger partial charge is 0.272 e. The SMILES string of the molecule is O=C(CCCc1n[nH]c(=O)c2ccccc12)N1CC2CCC(C1)N2c1ncc(Cl)cn1. The molecule has 2 atom stereocenters. The molecule has 2 unspecified atom stereocenters. The van der Waals surface area contributed by atoms with Crippen molar-refractivity contribution in [3.05, 3.63) is 57.7 Å². The zero-order valence-electron chi connectivity index (χ0n) is 17.0. The molecule has 3 aromatic rings. The van der Waals surface area contributed by atoms with Crippen LogP contribution in [-0.4, -0.2) is 56.1 Å². The van der Waals surface area contributed by atoms with Crippen molar-refractivity contribution < 1.29 is 4.79 Å². The topological polar surface area (TPSA) is 95.1 Å². The van der Waals surface area contributed by atoms with Gasteiger partial charge in [0.25, 0.3) is 5.56 Å². The van der Waals surface area contributed by atoms with Gasteiger partial charge in [0.2, 0.25) is 11.9 Å². The largest absolute Gasteiger partial charge is 0.339 e. The number of aromatic amines is 1. The Morgan fingerprint density at radius 2 is 1.77 bits per heavy atom.